The van der Waals surface area contributed by atoms with Crippen molar-refractivity contribution >= 4 is 5.78 Å². The van der Waals surface area contributed by atoms with Gasteiger partial charge in [-0.25, -0.2) is 0 Å². The predicted octanol–water partition coefficient (Wildman–Crippen LogP) is 1.51. The van der Waals surface area contributed by atoms with E-state index < -0.39 is 6.04 Å². The van der Waals surface area contributed by atoms with Crippen molar-refractivity contribution in [2.24, 2.45) is 5.18 Å². The molecular formula is C6H11NO2. The van der Waals surface area contributed by atoms with E-state index in [1.165, 1.54) is 6.92 Å². The lowest BCUT2D eigenvalue weighted by Gasteiger charge is -1.99. The third-order valence-corrected chi connectivity index (χ3v) is 1.16. The van der Waals surface area contributed by atoms with Crippen LogP contribution < -0.4 is 0 Å². The zero-order valence-corrected chi connectivity index (χ0v) is 5.76. The molecule has 0 aliphatic rings. The van der Waals surface area contributed by atoms with Crippen molar-refractivity contribution in [3.05, 3.63) is 4.91 Å². The summed E-state index contributed by atoms with van der Waals surface area (Å²) < 4.78 is 0. The highest BCUT2D eigenvalue weighted by Crippen LogP contribution is 2.01. The van der Waals surface area contributed by atoms with Crippen molar-refractivity contribution < 1.29 is 4.79 Å². The lowest BCUT2D eigenvalue weighted by Crippen LogP contribution is -2.13. The van der Waals surface area contributed by atoms with Gasteiger partial charge in [0.2, 0.25) is 0 Å². The van der Waals surface area contributed by atoms with Gasteiger partial charge in [-0.2, -0.15) is 4.91 Å². The molecule has 0 spiro atoms. The van der Waals surface area contributed by atoms with Crippen molar-refractivity contribution in [1.29, 1.82) is 0 Å². The molecule has 1 unspecified atom stereocenters. The standard InChI is InChI=1S/C6H11NO2/c1-3-4-6(7-9)5(2)8/h6H,3-4H2,1-2H3. The minimum Gasteiger partial charge on any atom is -0.297 e. The maximum absolute atomic E-state index is 10.5. The first kappa shape index (κ1) is 8.27. The molecular weight excluding hydrogens is 118 g/mol. The van der Waals surface area contributed by atoms with Crippen LogP contribution in [-0.4, -0.2) is 11.8 Å². The highest BCUT2D eigenvalue weighted by Gasteiger charge is 2.11. The van der Waals surface area contributed by atoms with E-state index in [0.717, 1.165) is 6.42 Å². The Morgan fingerprint density at radius 3 is 2.33 bits per heavy atom. The molecule has 9 heavy (non-hydrogen) atoms. The lowest BCUT2D eigenvalue weighted by molar-refractivity contribution is -0.118. The summed E-state index contributed by atoms with van der Waals surface area (Å²) in [6, 6.07) is -0.602. The van der Waals surface area contributed by atoms with Gasteiger partial charge in [-0.05, 0) is 13.3 Å². The fraction of sp³-hybridized carbons (Fsp3) is 0.833. The van der Waals surface area contributed by atoms with Gasteiger partial charge in [-0.3, -0.25) is 4.79 Å². The van der Waals surface area contributed by atoms with Crippen LogP contribution in [0, 0.1) is 4.91 Å². The van der Waals surface area contributed by atoms with Gasteiger partial charge in [0.25, 0.3) is 0 Å². The van der Waals surface area contributed by atoms with Crippen LogP contribution in [0.4, 0.5) is 0 Å². The fourth-order valence-electron chi connectivity index (χ4n) is 0.604. The second kappa shape index (κ2) is 4.18. The maximum Gasteiger partial charge on any atom is 0.157 e. The second-order valence-electron chi connectivity index (χ2n) is 2.02. The van der Waals surface area contributed by atoms with Crippen LogP contribution in [0.25, 0.3) is 0 Å². The number of nitrogens with zero attached hydrogens (tertiary/aromatic N) is 1. The number of carbonyl (C=O) groups is 1. The molecule has 0 aromatic carbocycles. The number of Topliss-reactive ketones (excluding diaryl/α,β-unsaturated/α-hetero) is 1. The Balaban J connectivity index is 3.68. The highest BCUT2D eigenvalue weighted by atomic mass is 16.3. The number of hydrogen-bond donors (Lipinski definition) is 0. The topological polar surface area (TPSA) is 46.5 Å². The van der Waals surface area contributed by atoms with E-state index in [1.54, 1.807) is 0 Å². The number of hydrogen-bond acceptors (Lipinski definition) is 3. The predicted molar refractivity (Wildman–Crippen MR) is 35.2 cm³/mol. The van der Waals surface area contributed by atoms with E-state index in [-0.39, 0.29) is 5.78 Å². The van der Waals surface area contributed by atoms with Gasteiger partial charge in [0, 0.05) is 0 Å². The van der Waals surface area contributed by atoms with Crippen LogP contribution >= 0.6 is 0 Å². The molecule has 0 saturated carbocycles. The van der Waals surface area contributed by atoms with Crippen molar-refractivity contribution in [3.63, 3.8) is 0 Å². The first-order valence-corrected chi connectivity index (χ1v) is 3.05. The van der Waals surface area contributed by atoms with Gasteiger partial charge in [-0.15, -0.1) is 0 Å². The minimum atomic E-state index is -0.602. The Bertz CT molecular complexity index is 112. The fourth-order valence-corrected chi connectivity index (χ4v) is 0.604. The van der Waals surface area contributed by atoms with Crippen LogP contribution in [0.5, 0.6) is 0 Å². The Morgan fingerprint density at radius 1 is 1.67 bits per heavy atom. The van der Waals surface area contributed by atoms with Crippen molar-refractivity contribution in [2.45, 2.75) is 32.7 Å². The van der Waals surface area contributed by atoms with E-state index in [9.17, 15) is 9.70 Å². The molecule has 0 N–H and O–H groups in total. The zero-order chi connectivity index (χ0) is 7.28. The summed E-state index contributed by atoms with van der Waals surface area (Å²) in [4.78, 5) is 20.3. The quantitative estimate of drug-likeness (QED) is 0.540. The molecule has 0 saturated heterocycles. The molecule has 0 radical (unpaired) electrons. The Hall–Kier alpha value is -0.730. The highest BCUT2D eigenvalue weighted by molar-refractivity contribution is 5.81. The summed E-state index contributed by atoms with van der Waals surface area (Å²) in [6.07, 6.45) is 1.41. The number of nitroso groups, excluding NO2 is 1. The molecule has 0 amide bonds. The summed E-state index contributed by atoms with van der Waals surface area (Å²) in [5.41, 5.74) is 0. The van der Waals surface area contributed by atoms with E-state index in [0.29, 0.717) is 6.42 Å². The summed E-state index contributed by atoms with van der Waals surface area (Å²) in [7, 11) is 0. The summed E-state index contributed by atoms with van der Waals surface area (Å²) in [5.74, 6) is -0.133. The molecule has 0 aliphatic heterocycles. The van der Waals surface area contributed by atoms with Crippen LogP contribution in [0.1, 0.15) is 26.7 Å². The third kappa shape index (κ3) is 2.95. The molecule has 3 heteroatoms. The van der Waals surface area contributed by atoms with Gasteiger partial charge in [-0.1, -0.05) is 18.5 Å². The van der Waals surface area contributed by atoms with Crippen molar-refractivity contribution in [2.75, 3.05) is 0 Å². The smallest absolute Gasteiger partial charge is 0.157 e. The maximum atomic E-state index is 10.5. The van der Waals surface area contributed by atoms with Gasteiger partial charge in [0.1, 0.15) is 6.04 Å². The number of carbonyl (C=O) groups excluding carboxylic acids is 1. The SMILES string of the molecule is CCCC(N=O)C(C)=O. The Kier molecular flexibility index (Phi) is 3.84. The molecule has 0 rings (SSSR count). The van der Waals surface area contributed by atoms with Crippen LogP contribution in [0.15, 0.2) is 5.18 Å². The van der Waals surface area contributed by atoms with Gasteiger partial charge >= 0.3 is 0 Å². The van der Waals surface area contributed by atoms with E-state index in [2.05, 4.69) is 5.18 Å². The molecule has 0 aromatic heterocycles. The normalized spacial score (nSPS) is 12.7. The second-order valence-corrected chi connectivity index (χ2v) is 2.02. The first-order chi connectivity index (χ1) is 4.22. The largest absolute Gasteiger partial charge is 0.297 e. The monoisotopic (exact) mass is 129 g/mol. The average molecular weight is 129 g/mol. The van der Waals surface area contributed by atoms with E-state index in [1.807, 2.05) is 6.92 Å². The zero-order valence-electron chi connectivity index (χ0n) is 5.76. The van der Waals surface area contributed by atoms with E-state index in [4.69, 9.17) is 0 Å². The van der Waals surface area contributed by atoms with Crippen LogP contribution in [0.2, 0.25) is 0 Å². The Labute approximate surface area is 54.4 Å². The van der Waals surface area contributed by atoms with Crippen molar-refractivity contribution in [3.8, 4) is 0 Å². The van der Waals surface area contributed by atoms with Crippen LogP contribution in [0.3, 0.4) is 0 Å². The molecule has 0 fully saturated rings. The van der Waals surface area contributed by atoms with Gasteiger partial charge in [0.05, 0.1) is 0 Å². The van der Waals surface area contributed by atoms with Gasteiger partial charge in [0.15, 0.2) is 5.78 Å². The first-order valence-electron chi connectivity index (χ1n) is 3.05. The van der Waals surface area contributed by atoms with Crippen molar-refractivity contribution in [1.82, 2.24) is 0 Å². The molecule has 0 bridgehead atoms. The Morgan fingerprint density at radius 2 is 2.22 bits per heavy atom. The molecule has 3 nitrogen and oxygen atoms in total. The number of ketones is 1. The molecule has 52 valence electrons. The van der Waals surface area contributed by atoms with Gasteiger partial charge < -0.3 is 0 Å². The lowest BCUT2D eigenvalue weighted by atomic mass is 10.1. The average Bonchev–Trinajstić information content (AvgIpc) is 1.82. The number of rotatable bonds is 4. The summed E-state index contributed by atoms with van der Waals surface area (Å²) >= 11 is 0. The molecule has 0 aromatic rings. The summed E-state index contributed by atoms with van der Waals surface area (Å²) in [6.45, 7) is 3.31. The van der Waals surface area contributed by atoms with E-state index >= 15 is 0 Å². The third-order valence-electron chi connectivity index (χ3n) is 1.16. The minimum absolute atomic E-state index is 0.133. The summed E-state index contributed by atoms with van der Waals surface area (Å²) in [5, 5.41) is 2.68. The molecule has 0 aliphatic carbocycles. The molecule has 0 heterocycles. The van der Waals surface area contributed by atoms with Crippen LogP contribution in [-0.2, 0) is 4.79 Å². The molecule has 1 atom stereocenters.